The van der Waals surface area contributed by atoms with E-state index < -0.39 is 24.0 Å². The van der Waals surface area contributed by atoms with Crippen LogP contribution in [0.1, 0.15) is 92.9 Å². The molecule has 2 aliphatic heterocycles. The first-order valence-electron chi connectivity index (χ1n) is 15.1. The van der Waals surface area contributed by atoms with Gasteiger partial charge in [-0.1, -0.05) is 27.7 Å². The van der Waals surface area contributed by atoms with Crippen molar-refractivity contribution >= 4 is 17.7 Å². The van der Waals surface area contributed by atoms with E-state index in [1.54, 1.807) is 0 Å². The Balaban J connectivity index is 1.26. The Kier molecular flexibility index (Phi) is 6.35. The van der Waals surface area contributed by atoms with Gasteiger partial charge in [-0.3, -0.25) is 14.4 Å². The van der Waals surface area contributed by atoms with Crippen LogP contribution in [0.5, 0.6) is 0 Å². The third-order valence-electron chi connectivity index (χ3n) is 12.3. The van der Waals surface area contributed by atoms with E-state index in [-0.39, 0.29) is 28.8 Å². The van der Waals surface area contributed by atoms with Crippen molar-refractivity contribution < 1.29 is 33.3 Å². The fraction of sp³-hybridized carbons (Fsp3) is 0.903. The number of hydrogen-bond acceptors (Lipinski definition) is 7. The van der Waals surface area contributed by atoms with Gasteiger partial charge >= 0.3 is 11.9 Å². The van der Waals surface area contributed by atoms with E-state index in [0.717, 1.165) is 38.7 Å². The maximum atomic E-state index is 13.8. The number of rotatable bonds is 2. The fourth-order valence-electron chi connectivity index (χ4n) is 10.7. The summed E-state index contributed by atoms with van der Waals surface area (Å²) < 4.78 is 24.6. The second-order valence-corrected chi connectivity index (χ2v) is 14.4. The summed E-state index contributed by atoms with van der Waals surface area (Å²) in [4.78, 5) is 37.6. The predicted molar refractivity (Wildman–Crippen MR) is 139 cm³/mol. The van der Waals surface area contributed by atoms with Crippen molar-refractivity contribution in [1.29, 1.82) is 0 Å². The molecule has 0 radical (unpaired) electrons. The highest BCUT2D eigenvalue weighted by Crippen LogP contribution is 2.71. The molecule has 6 fully saturated rings. The van der Waals surface area contributed by atoms with Crippen molar-refractivity contribution in [3.63, 3.8) is 0 Å². The van der Waals surface area contributed by atoms with Crippen LogP contribution in [0.4, 0.5) is 0 Å². The highest BCUT2D eigenvalue weighted by Gasteiger charge is 2.70. The molecule has 13 atom stereocenters. The van der Waals surface area contributed by atoms with E-state index in [2.05, 4.69) is 27.7 Å². The molecular weight excluding hydrogens is 484 g/mol. The summed E-state index contributed by atoms with van der Waals surface area (Å²) in [7, 11) is 0. The molecule has 1 spiro atoms. The number of carbonyl (C=O) groups excluding carboxylic acids is 3. The van der Waals surface area contributed by atoms with Crippen LogP contribution < -0.4 is 0 Å². The summed E-state index contributed by atoms with van der Waals surface area (Å²) in [6.45, 7) is 12.9. The highest BCUT2D eigenvalue weighted by atomic mass is 16.7. The summed E-state index contributed by atoms with van der Waals surface area (Å²) in [5.41, 5.74) is -0.138. The molecule has 0 aromatic rings. The van der Waals surface area contributed by atoms with Crippen molar-refractivity contribution in [2.75, 3.05) is 6.61 Å². The Hall–Kier alpha value is -1.47. The molecule has 7 nitrogen and oxygen atoms in total. The molecule has 0 bridgehead atoms. The summed E-state index contributed by atoms with van der Waals surface area (Å²) in [5.74, 6) is 1.46. The molecule has 2 heterocycles. The topological polar surface area (TPSA) is 88.1 Å². The van der Waals surface area contributed by atoms with Crippen LogP contribution in [-0.2, 0) is 33.3 Å². The third-order valence-corrected chi connectivity index (χ3v) is 12.3. The molecule has 0 aromatic carbocycles. The lowest BCUT2D eigenvalue weighted by Crippen LogP contribution is -2.60. The molecule has 212 valence electrons. The number of Topliss-reactive ketones (excluding diaryl/α,β-unsaturated/α-hetero) is 1. The van der Waals surface area contributed by atoms with Gasteiger partial charge in [0.05, 0.1) is 12.7 Å². The number of ether oxygens (including phenoxy) is 4. The molecule has 0 N–H and O–H groups in total. The first-order valence-corrected chi connectivity index (χ1v) is 15.1. The van der Waals surface area contributed by atoms with Gasteiger partial charge in [0.25, 0.3) is 0 Å². The molecule has 6 rings (SSSR count). The van der Waals surface area contributed by atoms with E-state index in [1.807, 2.05) is 0 Å². The van der Waals surface area contributed by atoms with E-state index in [9.17, 15) is 14.4 Å². The normalized spacial score (nSPS) is 53.5. The van der Waals surface area contributed by atoms with Crippen LogP contribution in [0.25, 0.3) is 0 Å². The van der Waals surface area contributed by atoms with Crippen LogP contribution in [-0.4, -0.2) is 48.4 Å². The smallest absolute Gasteiger partial charge is 0.303 e. The largest absolute Gasteiger partial charge is 0.459 e. The SMILES string of the molecule is CC(=O)O[C@H]1C[C@@]2(C)[C@H](C[C@H]1OC(C)=O)C(=O)C[C@@H]1[C@@H]2CC[C@]2(C)[C@@H]3[C@H](C[C@@H]12)O[C@]1(CC[C@@H](C)CO1)[C@H]3C. The Morgan fingerprint density at radius 2 is 1.63 bits per heavy atom. The van der Waals surface area contributed by atoms with Gasteiger partial charge in [0.2, 0.25) is 0 Å². The standard InChI is InChI=1S/C31H46O7/c1-16-7-10-31(35-15-16)17(2)28-26(38-31)12-22-20-11-24(34)23-13-25(36-18(3)32)27(37-19(4)33)14-30(23,6)21(20)8-9-29(22,28)5/h16-17,20-23,25-28H,7-15H2,1-6H3/t16-,17+,20-,21+,22+,23-,25-,26+,27+,28+,29+,30-,31-/m1/s1. The minimum Gasteiger partial charge on any atom is -0.459 e. The summed E-state index contributed by atoms with van der Waals surface area (Å²) >= 11 is 0. The second-order valence-electron chi connectivity index (χ2n) is 14.4. The molecule has 0 unspecified atom stereocenters. The molecule has 4 aliphatic carbocycles. The Bertz CT molecular complexity index is 1000. The van der Waals surface area contributed by atoms with Gasteiger partial charge in [-0.05, 0) is 78.9 Å². The van der Waals surface area contributed by atoms with E-state index in [1.165, 1.54) is 13.8 Å². The van der Waals surface area contributed by atoms with Crippen molar-refractivity contribution in [3.8, 4) is 0 Å². The summed E-state index contributed by atoms with van der Waals surface area (Å²) in [5, 5.41) is 0. The van der Waals surface area contributed by atoms with Crippen molar-refractivity contribution in [3.05, 3.63) is 0 Å². The van der Waals surface area contributed by atoms with Gasteiger partial charge in [0.1, 0.15) is 18.0 Å². The molecule has 38 heavy (non-hydrogen) atoms. The maximum absolute atomic E-state index is 13.8. The average Bonchev–Trinajstić information content (AvgIpc) is 3.27. The second kappa shape index (κ2) is 9.02. The van der Waals surface area contributed by atoms with Crippen molar-refractivity contribution in [1.82, 2.24) is 0 Å². The minimum atomic E-state index is -0.557. The van der Waals surface area contributed by atoms with Crippen molar-refractivity contribution in [2.24, 2.45) is 52.3 Å². The fourth-order valence-corrected chi connectivity index (χ4v) is 10.7. The zero-order valence-corrected chi connectivity index (χ0v) is 24.0. The zero-order valence-electron chi connectivity index (χ0n) is 24.0. The lowest BCUT2D eigenvalue weighted by atomic mass is 9.43. The Morgan fingerprint density at radius 3 is 2.29 bits per heavy atom. The average molecular weight is 531 g/mol. The maximum Gasteiger partial charge on any atom is 0.303 e. The van der Waals surface area contributed by atoms with Gasteiger partial charge in [0, 0.05) is 38.5 Å². The molecule has 0 aromatic heterocycles. The van der Waals surface area contributed by atoms with Crippen LogP contribution >= 0.6 is 0 Å². The predicted octanol–water partition coefficient (Wildman–Crippen LogP) is 5.09. The molecule has 6 aliphatic rings. The van der Waals surface area contributed by atoms with Crippen LogP contribution in [0.15, 0.2) is 0 Å². The van der Waals surface area contributed by atoms with E-state index >= 15 is 0 Å². The number of fused-ring (bicyclic) bond motifs is 7. The Morgan fingerprint density at radius 1 is 0.921 bits per heavy atom. The van der Waals surface area contributed by atoms with Crippen molar-refractivity contribution in [2.45, 2.75) is 117 Å². The van der Waals surface area contributed by atoms with Crippen LogP contribution in [0.3, 0.4) is 0 Å². The summed E-state index contributed by atoms with van der Waals surface area (Å²) in [6, 6.07) is 0. The molecule has 4 saturated carbocycles. The van der Waals surface area contributed by atoms with E-state index in [0.29, 0.717) is 60.6 Å². The van der Waals surface area contributed by atoms with Gasteiger partial charge < -0.3 is 18.9 Å². The van der Waals surface area contributed by atoms with Gasteiger partial charge in [0.15, 0.2) is 5.79 Å². The van der Waals surface area contributed by atoms with E-state index in [4.69, 9.17) is 18.9 Å². The first-order chi connectivity index (χ1) is 17.9. The lowest BCUT2D eigenvalue weighted by molar-refractivity contribution is -0.273. The molecule has 7 heteroatoms. The van der Waals surface area contributed by atoms with Gasteiger partial charge in [-0.25, -0.2) is 0 Å². The molecule has 0 amide bonds. The third kappa shape index (κ3) is 3.84. The van der Waals surface area contributed by atoms with Gasteiger partial charge in [-0.2, -0.15) is 0 Å². The molecular formula is C31H46O7. The van der Waals surface area contributed by atoms with Gasteiger partial charge in [-0.15, -0.1) is 0 Å². The van der Waals surface area contributed by atoms with Crippen LogP contribution in [0.2, 0.25) is 0 Å². The molecule has 2 saturated heterocycles. The number of carbonyl (C=O) groups is 3. The monoisotopic (exact) mass is 530 g/mol. The number of hydrogen-bond donors (Lipinski definition) is 0. The number of ketones is 1. The Labute approximate surface area is 227 Å². The zero-order chi connectivity index (χ0) is 27.2. The first kappa shape index (κ1) is 26.7. The highest BCUT2D eigenvalue weighted by molar-refractivity contribution is 5.83. The minimum absolute atomic E-state index is 0.134. The quantitative estimate of drug-likeness (QED) is 0.460. The lowest BCUT2D eigenvalue weighted by Gasteiger charge is -2.61. The summed E-state index contributed by atoms with van der Waals surface area (Å²) in [6.07, 6.45) is 6.09. The van der Waals surface area contributed by atoms with Crippen LogP contribution in [0, 0.1) is 52.3 Å². The number of esters is 2.